The number of hydrogen-bond donors (Lipinski definition) is 1. The van der Waals surface area contributed by atoms with Gasteiger partial charge in [0, 0.05) is 6.20 Å². The van der Waals surface area contributed by atoms with Gasteiger partial charge in [-0.1, -0.05) is 6.08 Å². The first-order valence-electron chi connectivity index (χ1n) is 3.88. The van der Waals surface area contributed by atoms with E-state index in [4.69, 9.17) is 5.73 Å². The Bertz CT molecular complexity index is 457. The van der Waals surface area contributed by atoms with Crippen molar-refractivity contribution in [2.45, 2.75) is 6.92 Å². The average Bonchev–Trinajstić information content (AvgIpc) is 2.51. The Morgan fingerprint density at radius 3 is 3.00 bits per heavy atom. The van der Waals surface area contributed by atoms with Gasteiger partial charge in [-0.2, -0.15) is 0 Å². The zero-order valence-electron chi connectivity index (χ0n) is 7.18. The van der Waals surface area contributed by atoms with Crippen molar-refractivity contribution in [1.82, 2.24) is 19.5 Å². The van der Waals surface area contributed by atoms with Crippen molar-refractivity contribution in [3.8, 4) is 0 Å². The van der Waals surface area contributed by atoms with Crippen molar-refractivity contribution in [1.29, 1.82) is 0 Å². The third-order valence-electron chi connectivity index (χ3n) is 1.70. The van der Waals surface area contributed by atoms with Crippen LogP contribution in [0.15, 0.2) is 18.7 Å². The zero-order valence-corrected chi connectivity index (χ0v) is 7.18. The second-order valence-corrected chi connectivity index (χ2v) is 2.57. The molecule has 0 saturated heterocycles. The largest absolute Gasteiger partial charge is 0.382 e. The quantitative estimate of drug-likeness (QED) is 0.699. The summed E-state index contributed by atoms with van der Waals surface area (Å²) < 4.78 is 1.80. The summed E-state index contributed by atoms with van der Waals surface area (Å²) in [5.74, 6) is 0.445. The van der Waals surface area contributed by atoms with Crippen molar-refractivity contribution >= 4 is 23.2 Å². The molecule has 2 aromatic heterocycles. The maximum Gasteiger partial charge on any atom is 0.183 e. The first-order chi connectivity index (χ1) is 6.33. The van der Waals surface area contributed by atoms with E-state index < -0.39 is 0 Å². The highest BCUT2D eigenvalue weighted by molar-refractivity contribution is 5.83. The molecule has 0 bridgehead atoms. The molecule has 0 radical (unpaired) electrons. The van der Waals surface area contributed by atoms with E-state index in [1.54, 1.807) is 10.9 Å². The van der Waals surface area contributed by atoms with Gasteiger partial charge in [-0.3, -0.25) is 0 Å². The zero-order chi connectivity index (χ0) is 9.26. The van der Waals surface area contributed by atoms with Crippen LogP contribution >= 0.6 is 0 Å². The number of allylic oxidation sites excluding steroid dienone is 1. The molecule has 0 aliphatic carbocycles. The van der Waals surface area contributed by atoms with Crippen LogP contribution in [-0.4, -0.2) is 19.5 Å². The van der Waals surface area contributed by atoms with Crippen LogP contribution in [0.1, 0.15) is 6.92 Å². The minimum Gasteiger partial charge on any atom is -0.382 e. The minimum atomic E-state index is 0.445. The molecule has 0 fully saturated rings. The Balaban J connectivity index is 2.78. The lowest BCUT2D eigenvalue weighted by Gasteiger charge is -1.96. The number of anilines is 1. The van der Waals surface area contributed by atoms with Gasteiger partial charge in [0.05, 0.1) is 0 Å². The van der Waals surface area contributed by atoms with Crippen molar-refractivity contribution in [2.24, 2.45) is 0 Å². The molecule has 0 unspecified atom stereocenters. The van der Waals surface area contributed by atoms with E-state index >= 15 is 0 Å². The first kappa shape index (κ1) is 7.72. The summed E-state index contributed by atoms with van der Waals surface area (Å²) >= 11 is 0. The first-order valence-corrected chi connectivity index (χ1v) is 3.88. The van der Waals surface area contributed by atoms with Gasteiger partial charge in [0.2, 0.25) is 0 Å². The molecular weight excluding hydrogens is 166 g/mol. The van der Waals surface area contributed by atoms with Crippen molar-refractivity contribution in [2.75, 3.05) is 5.73 Å². The van der Waals surface area contributed by atoms with Gasteiger partial charge in [-0.25, -0.2) is 15.0 Å². The monoisotopic (exact) mass is 175 g/mol. The molecule has 2 rings (SSSR count). The molecular formula is C8H9N5. The summed E-state index contributed by atoms with van der Waals surface area (Å²) in [6, 6.07) is 0. The Morgan fingerprint density at radius 1 is 1.38 bits per heavy atom. The van der Waals surface area contributed by atoms with Crippen molar-refractivity contribution < 1.29 is 0 Å². The molecule has 13 heavy (non-hydrogen) atoms. The molecule has 0 saturated carbocycles. The molecule has 0 atom stereocenters. The lowest BCUT2D eigenvalue weighted by molar-refractivity contribution is 1.16. The van der Waals surface area contributed by atoms with E-state index in [9.17, 15) is 0 Å². The van der Waals surface area contributed by atoms with E-state index in [1.807, 2.05) is 19.2 Å². The van der Waals surface area contributed by atoms with E-state index in [0.717, 1.165) is 5.52 Å². The summed E-state index contributed by atoms with van der Waals surface area (Å²) in [5, 5.41) is 0. The van der Waals surface area contributed by atoms with E-state index in [0.29, 0.717) is 11.5 Å². The molecule has 5 heteroatoms. The molecule has 2 heterocycles. The van der Waals surface area contributed by atoms with Crippen LogP contribution in [-0.2, 0) is 0 Å². The maximum atomic E-state index is 5.69. The maximum absolute atomic E-state index is 5.69. The Morgan fingerprint density at radius 2 is 2.23 bits per heavy atom. The van der Waals surface area contributed by atoms with Gasteiger partial charge >= 0.3 is 0 Å². The lowest BCUT2D eigenvalue weighted by Crippen LogP contribution is -1.95. The fraction of sp³-hybridized carbons (Fsp3) is 0.125. The topological polar surface area (TPSA) is 69.6 Å². The predicted molar refractivity (Wildman–Crippen MR) is 50.7 cm³/mol. The fourth-order valence-electron chi connectivity index (χ4n) is 1.17. The molecule has 66 valence electrons. The standard InChI is InChI=1S/C8H9N5/c1-2-3-13-5-12-8-6(13)7(9)10-4-11-8/h2-5H,1H3,(H2,9,10,11)/b3-2-. The van der Waals surface area contributed by atoms with Gasteiger partial charge in [0.15, 0.2) is 11.5 Å². The molecule has 0 spiro atoms. The molecule has 0 aromatic carbocycles. The summed E-state index contributed by atoms with van der Waals surface area (Å²) in [7, 11) is 0. The molecule has 2 aromatic rings. The number of imidazole rings is 1. The fourth-order valence-corrected chi connectivity index (χ4v) is 1.17. The molecule has 0 aliphatic rings. The lowest BCUT2D eigenvalue weighted by atomic mass is 10.5. The Kier molecular flexibility index (Phi) is 1.70. The Hall–Kier alpha value is -1.91. The van der Waals surface area contributed by atoms with Crippen molar-refractivity contribution in [3.63, 3.8) is 0 Å². The van der Waals surface area contributed by atoms with Crippen LogP contribution < -0.4 is 5.73 Å². The smallest absolute Gasteiger partial charge is 0.183 e. The molecule has 0 aliphatic heterocycles. The summed E-state index contributed by atoms with van der Waals surface area (Å²) in [4.78, 5) is 12.0. The summed E-state index contributed by atoms with van der Waals surface area (Å²) in [6.45, 7) is 1.92. The SMILES string of the molecule is C/C=C\n1cnc2ncnc(N)c21. The molecule has 0 amide bonds. The number of nitrogen functional groups attached to an aromatic ring is 1. The highest BCUT2D eigenvalue weighted by Crippen LogP contribution is 2.14. The van der Waals surface area contributed by atoms with Crippen LogP contribution in [0.3, 0.4) is 0 Å². The summed E-state index contributed by atoms with van der Waals surface area (Å²) in [6.07, 6.45) is 6.82. The van der Waals surface area contributed by atoms with Crippen LogP contribution in [0.2, 0.25) is 0 Å². The minimum absolute atomic E-state index is 0.445. The van der Waals surface area contributed by atoms with Crippen LogP contribution in [0.4, 0.5) is 5.82 Å². The van der Waals surface area contributed by atoms with E-state index in [-0.39, 0.29) is 0 Å². The number of aromatic nitrogens is 4. The van der Waals surface area contributed by atoms with Gasteiger partial charge < -0.3 is 10.3 Å². The third-order valence-corrected chi connectivity index (χ3v) is 1.70. The van der Waals surface area contributed by atoms with Gasteiger partial charge in [0.25, 0.3) is 0 Å². The third kappa shape index (κ3) is 1.14. The molecule has 2 N–H and O–H groups in total. The van der Waals surface area contributed by atoms with Crippen molar-refractivity contribution in [3.05, 3.63) is 18.7 Å². The normalized spacial score (nSPS) is 11.5. The van der Waals surface area contributed by atoms with Gasteiger partial charge in [0.1, 0.15) is 18.2 Å². The van der Waals surface area contributed by atoms with Gasteiger partial charge in [-0.05, 0) is 6.92 Å². The average molecular weight is 175 g/mol. The highest BCUT2D eigenvalue weighted by atomic mass is 15.1. The van der Waals surface area contributed by atoms with Crippen LogP contribution in [0.25, 0.3) is 17.4 Å². The van der Waals surface area contributed by atoms with Crippen LogP contribution in [0, 0.1) is 0 Å². The second-order valence-electron chi connectivity index (χ2n) is 2.57. The number of rotatable bonds is 1. The van der Waals surface area contributed by atoms with E-state index in [1.165, 1.54) is 6.33 Å². The summed E-state index contributed by atoms with van der Waals surface area (Å²) in [5.41, 5.74) is 7.05. The highest BCUT2D eigenvalue weighted by Gasteiger charge is 2.04. The van der Waals surface area contributed by atoms with Gasteiger partial charge in [-0.15, -0.1) is 0 Å². The van der Waals surface area contributed by atoms with E-state index in [2.05, 4.69) is 15.0 Å². The van der Waals surface area contributed by atoms with Crippen LogP contribution in [0.5, 0.6) is 0 Å². The number of nitrogens with two attached hydrogens (primary N) is 1. The Labute approximate surface area is 74.9 Å². The molecule has 5 nitrogen and oxygen atoms in total. The second kappa shape index (κ2) is 2.85. The predicted octanol–water partition coefficient (Wildman–Crippen LogP) is 0.899. The number of hydrogen-bond acceptors (Lipinski definition) is 4. The number of fused-ring (bicyclic) bond motifs is 1. The number of nitrogens with zero attached hydrogens (tertiary/aromatic N) is 4.